The maximum absolute atomic E-state index is 12.1. The number of hydrogen-bond donors (Lipinski definition) is 0. The molecular weight excluding hydrogens is 315 g/mol. The first-order valence-corrected chi connectivity index (χ1v) is 6.90. The Morgan fingerprint density at radius 2 is 1.90 bits per heavy atom. The molecule has 4 nitrogen and oxygen atoms in total. The summed E-state index contributed by atoms with van der Waals surface area (Å²) in [5, 5.41) is 0.891. The molecule has 0 spiro atoms. The van der Waals surface area contributed by atoms with Gasteiger partial charge in [0.1, 0.15) is 5.75 Å². The van der Waals surface area contributed by atoms with Gasteiger partial charge in [0.2, 0.25) is 6.79 Å². The van der Waals surface area contributed by atoms with Crippen LogP contribution in [0.2, 0.25) is 10.0 Å². The molecule has 1 aliphatic heterocycles. The van der Waals surface area contributed by atoms with Gasteiger partial charge in [0.05, 0.1) is 5.02 Å². The predicted molar refractivity (Wildman–Crippen MR) is 78.9 cm³/mol. The van der Waals surface area contributed by atoms with Crippen LogP contribution >= 0.6 is 23.2 Å². The summed E-state index contributed by atoms with van der Waals surface area (Å²) in [7, 11) is 0. The molecule has 0 aromatic heterocycles. The van der Waals surface area contributed by atoms with Gasteiger partial charge in [-0.2, -0.15) is 0 Å². The third-order valence-corrected chi connectivity index (χ3v) is 3.49. The van der Waals surface area contributed by atoms with E-state index in [1.165, 1.54) is 0 Å². The molecule has 0 bridgehead atoms. The van der Waals surface area contributed by atoms with Crippen molar-refractivity contribution in [3.8, 4) is 17.2 Å². The van der Waals surface area contributed by atoms with E-state index in [0.29, 0.717) is 32.9 Å². The number of carbonyl (C=O) groups is 1. The van der Waals surface area contributed by atoms with Gasteiger partial charge in [0.15, 0.2) is 23.9 Å². The van der Waals surface area contributed by atoms with Crippen molar-refractivity contribution in [2.75, 3.05) is 13.4 Å². The van der Waals surface area contributed by atoms with Crippen molar-refractivity contribution in [1.29, 1.82) is 0 Å². The second-order valence-electron chi connectivity index (χ2n) is 4.35. The Kier molecular flexibility index (Phi) is 3.90. The molecule has 0 unspecified atom stereocenters. The van der Waals surface area contributed by atoms with E-state index < -0.39 is 0 Å². The highest BCUT2D eigenvalue weighted by atomic mass is 35.5. The van der Waals surface area contributed by atoms with E-state index in [1.54, 1.807) is 36.4 Å². The Hall–Kier alpha value is -1.91. The van der Waals surface area contributed by atoms with Crippen molar-refractivity contribution in [2.45, 2.75) is 0 Å². The summed E-state index contributed by atoms with van der Waals surface area (Å²) in [6, 6.07) is 9.83. The minimum Gasteiger partial charge on any atom is -0.484 e. The molecule has 1 heterocycles. The van der Waals surface area contributed by atoms with Crippen molar-refractivity contribution < 1.29 is 19.0 Å². The predicted octanol–water partition coefficient (Wildman–Crippen LogP) is 3.98. The molecule has 0 aliphatic carbocycles. The summed E-state index contributed by atoms with van der Waals surface area (Å²) < 4.78 is 15.8. The van der Waals surface area contributed by atoms with Crippen LogP contribution in [-0.2, 0) is 0 Å². The first kappa shape index (κ1) is 14.0. The molecule has 0 saturated carbocycles. The SMILES string of the molecule is O=C(COc1cc(Cl)ccc1Cl)c1ccc2c(c1)OCO2. The number of Topliss-reactive ketones (excluding diaryl/α,β-unsaturated/α-hetero) is 1. The van der Waals surface area contributed by atoms with E-state index in [1.807, 2.05) is 0 Å². The highest BCUT2D eigenvalue weighted by molar-refractivity contribution is 6.34. The van der Waals surface area contributed by atoms with Crippen LogP contribution in [0.5, 0.6) is 17.2 Å². The van der Waals surface area contributed by atoms with Gasteiger partial charge >= 0.3 is 0 Å². The van der Waals surface area contributed by atoms with Crippen LogP contribution in [0.3, 0.4) is 0 Å². The van der Waals surface area contributed by atoms with E-state index >= 15 is 0 Å². The fraction of sp³-hybridized carbons (Fsp3) is 0.133. The van der Waals surface area contributed by atoms with E-state index in [9.17, 15) is 4.79 Å². The van der Waals surface area contributed by atoms with Gasteiger partial charge in [-0.1, -0.05) is 23.2 Å². The van der Waals surface area contributed by atoms with Crippen LogP contribution < -0.4 is 14.2 Å². The third-order valence-electron chi connectivity index (χ3n) is 2.95. The zero-order chi connectivity index (χ0) is 14.8. The zero-order valence-corrected chi connectivity index (χ0v) is 12.3. The van der Waals surface area contributed by atoms with E-state index in [4.69, 9.17) is 37.4 Å². The monoisotopic (exact) mass is 324 g/mol. The van der Waals surface area contributed by atoms with Crippen LogP contribution in [0, 0.1) is 0 Å². The van der Waals surface area contributed by atoms with Crippen molar-refractivity contribution in [2.24, 2.45) is 0 Å². The zero-order valence-electron chi connectivity index (χ0n) is 10.8. The lowest BCUT2D eigenvalue weighted by Crippen LogP contribution is -2.11. The maximum atomic E-state index is 12.1. The number of ketones is 1. The number of hydrogen-bond acceptors (Lipinski definition) is 4. The molecule has 3 rings (SSSR count). The lowest BCUT2D eigenvalue weighted by atomic mass is 10.1. The van der Waals surface area contributed by atoms with Gasteiger partial charge in [-0.05, 0) is 30.3 Å². The van der Waals surface area contributed by atoms with Crippen LogP contribution in [0.1, 0.15) is 10.4 Å². The molecule has 0 fully saturated rings. The van der Waals surface area contributed by atoms with E-state index in [-0.39, 0.29) is 19.2 Å². The fourth-order valence-corrected chi connectivity index (χ4v) is 2.22. The molecule has 0 amide bonds. The summed E-state index contributed by atoms with van der Waals surface area (Å²) >= 11 is 11.8. The Morgan fingerprint density at radius 3 is 2.76 bits per heavy atom. The van der Waals surface area contributed by atoms with Gasteiger partial charge in [0.25, 0.3) is 0 Å². The van der Waals surface area contributed by atoms with Gasteiger partial charge in [-0.15, -0.1) is 0 Å². The van der Waals surface area contributed by atoms with Crippen LogP contribution in [0.25, 0.3) is 0 Å². The average molecular weight is 325 g/mol. The van der Waals surface area contributed by atoms with Gasteiger partial charge in [-0.25, -0.2) is 0 Å². The molecule has 1 aliphatic rings. The normalized spacial score (nSPS) is 12.3. The summed E-state index contributed by atoms with van der Waals surface area (Å²) in [4.78, 5) is 12.1. The van der Waals surface area contributed by atoms with Crippen LogP contribution in [0.4, 0.5) is 0 Å². The highest BCUT2D eigenvalue weighted by Gasteiger charge is 2.16. The number of benzene rings is 2. The molecule has 6 heteroatoms. The number of fused-ring (bicyclic) bond motifs is 1. The second kappa shape index (κ2) is 5.84. The molecular formula is C15H10Cl2O4. The molecule has 108 valence electrons. The number of halogens is 2. The summed E-state index contributed by atoms with van der Waals surface area (Å²) in [6.07, 6.45) is 0. The minimum atomic E-state index is -0.190. The Bertz CT molecular complexity index is 700. The smallest absolute Gasteiger partial charge is 0.231 e. The van der Waals surface area contributed by atoms with Gasteiger partial charge in [0, 0.05) is 16.7 Å². The van der Waals surface area contributed by atoms with E-state index in [2.05, 4.69) is 0 Å². The maximum Gasteiger partial charge on any atom is 0.231 e. The summed E-state index contributed by atoms with van der Waals surface area (Å²) in [6.45, 7) is 0.0291. The first-order chi connectivity index (χ1) is 10.1. The highest BCUT2D eigenvalue weighted by Crippen LogP contribution is 2.33. The lowest BCUT2D eigenvalue weighted by molar-refractivity contribution is 0.0921. The van der Waals surface area contributed by atoms with Crippen molar-refractivity contribution in [3.05, 3.63) is 52.0 Å². The minimum absolute atomic E-state index is 0.139. The molecule has 2 aromatic carbocycles. The summed E-state index contributed by atoms with van der Waals surface area (Å²) in [5.41, 5.74) is 0.484. The first-order valence-electron chi connectivity index (χ1n) is 6.14. The standard InChI is InChI=1S/C15H10Cl2O4/c16-10-2-3-11(17)14(6-10)19-7-12(18)9-1-4-13-15(5-9)21-8-20-13/h1-6H,7-8H2. The summed E-state index contributed by atoms with van der Waals surface area (Å²) in [5.74, 6) is 1.37. The Morgan fingerprint density at radius 1 is 1.10 bits per heavy atom. The topological polar surface area (TPSA) is 44.8 Å². The van der Waals surface area contributed by atoms with Crippen molar-refractivity contribution in [1.82, 2.24) is 0 Å². The molecule has 21 heavy (non-hydrogen) atoms. The third kappa shape index (κ3) is 3.06. The largest absolute Gasteiger partial charge is 0.484 e. The Labute approximate surface area is 131 Å². The van der Waals surface area contributed by atoms with Crippen LogP contribution in [-0.4, -0.2) is 19.2 Å². The Balaban J connectivity index is 1.70. The van der Waals surface area contributed by atoms with Crippen LogP contribution in [0.15, 0.2) is 36.4 Å². The van der Waals surface area contributed by atoms with Gasteiger partial charge < -0.3 is 14.2 Å². The van der Waals surface area contributed by atoms with Crippen molar-refractivity contribution >= 4 is 29.0 Å². The lowest BCUT2D eigenvalue weighted by Gasteiger charge is -2.08. The van der Waals surface area contributed by atoms with Gasteiger partial charge in [-0.3, -0.25) is 4.79 Å². The average Bonchev–Trinajstić information content (AvgIpc) is 2.95. The number of carbonyl (C=O) groups excluding carboxylic acids is 1. The van der Waals surface area contributed by atoms with Crippen molar-refractivity contribution in [3.63, 3.8) is 0 Å². The molecule has 0 N–H and O–H groups in total. The molecule has 0 radical (unpaired) electrons. The van der Waals surface area contributed by atoms with E-state index in [0.717, 1.165) is 0 Å². The second-order valence-corrected chi connectivity index (χ2v) is 5.20. The molecule has 0 saturated heterocycles. The quantitative estimate of drug-likeness (QED) is 0.798. The number of rotatable bonds is 4. The molecule has 0 atom stereocenters. The molecule has 2 aromatic rings. The number of ether oxygens (including phenoxy) is 3. The fourth-order valence-electron chi connectivity index (χ4n) is 1.88.